The van der Waals surface area contributed by atoms with E-state index in [1.807, 2.05) is 24.3 Å². The Morgan fingerprint density at radius 2 is 1.94 bits per heavy atom. The lowest BCUT2D eigenvalue weighted by molar-refractivity contribution is -0.138. The van der Waals surface area contributed by atoms with E-state index in [0.717, 1.165) is 24.0 Å². The van der Waals surface area contributed by atoms with Gasteiger partial charge in [0.15, 0.2) is 0 Å². The Bertz CT molecular complexity index is 414. The smallest absolute Gasteiger partial charge is 0.385 e. The van der Waals surface area contributed by atoms with Crippen LogP contribution in [-0.2, 0) is 12.0 Å². The molecule has 0 spiro atoms. The first-order chi connectivity index (χ1) is 8.41. The van der Waals surface area contributed by atoms with Crippen molar-refractivity contribution in [2.45, 2.75) is 50.3 Å². The first-order valence-electron chi connectivity index (χ1n) is 6.28. The van der Waals surface area contributed by atoms with E-state index in [9.17, 15) is 18.3 Å². The molecule has 0 saturated carbocycles. The highest BCUT2D eigenvalue weighted by atomic mass is 19.4. The predicted octanol–water partition coefficient (Wildman–Crippen LogP) is 3.94. The zero-order valence-corrected chi connectivity index (χ0v) is 10.1. The van der Waals surface area contributed by atoms with E-state index >= 15 is 0 Å². The maximum Gasteiger partial charge on any atom is 0.389 e. The number of benzene rings is 1. The van der Waals surface area contributed by atoms with Gasteiger partial charge in [0.2, 0.25) is 0 Å². The normalized spacial score (nSPS) is 23.8. The van der Waals surface area contributed by atoms with Crippen LogP contribution in [0.25, 0.3) is 0 Å². The third kappa shape index (κ3) is 3.05. The zero-order valence-electron chi connectivity index (χ0n) is 10.1. The maximum atomic E-state index is 12.1. The molecule has 0 aliphatic heterocycles. The number of aliphatic hydroxyl groups is 1. The molecule has 4 heteroatoms. The number of alkyl halides is 3. The van der Waals surface area contributed by atoms with Crippen LogP contribution in [0.4, 0.5) is 13.2 Å². The fraction of sp³-hybridized carbons (Fsp3) is 0.571. The van der Waals surface area contributed by atoms with Crippen LogP contribution >= 0.6 is 0 Å². The molecule has 1 unspecified atom stereocenters. The van der Waals surface area contributed by atoms with E-state index in [1.165, 1.54) is 0 Å². The van der Waals surface area contributed by atoms with Crippen molar-refractivity contribution in [3.05, 3.63) is 35.4 Å². The summed E-state index contributed by atoms with van der Waals surface area (Å²) in [6.07, 6.45) is -2.50. The van der Waals surface area contributed by atoms with E-state index in [-0.39, 0.29) is 12.8 Å². The Kier molecular flexibility index (Phi) is 3.66. The summed E-state index contributed by atoms with van der Waals surface area (Å²) in [6, 6.07) is 7.52. The van der Waals surface area contributed by atoms with Crippen molar-refractivity contribution in [1.29, 1.82) is 0 Å². The predicted molar refractivity (Wildman–Crippen MR) is 63.2 cm³/mol. The Morgan fingerprint density at radius 1 is 1.22 bits per heavy atom. The quantitative estimate of drug-likeness (QED) is 0.870. The van der Waals surface area contributed by atoms with Crippen LogP contribution in [0.2, 0.25) is 0 Å². The average molecular weight is 258 g/mol. The molecule has 100 valence electrons. The van der Waals surface area contributed by atoms with Crippen LogP contribution in [0.3, 0.4) is 0 Å². The van der Waals surface area contributed by atoms with Gasteiger partial charge in [-0.05, 0) is 43.2 Å². The summed E-state index contributed by atoms with van der Waals surface area (Å²) < 4.78 is 36.4. The van der Waals surface area contributed by atoms with E-state index in [4.69, 9.17) is 0 Å². The molecule has 0 radical (unpaired) electrons. The molecular weight excluding hydrogens is 241 g/mol. The highest BCUT2D eigenvalue weighted by Crippen LogP contribution is 2.39. The second-order valence-electron chi connectivity index (χ2n) is 5.01. The standard InChI is InChI=1S/C14H17F3O/c15-14(16,17)10-4-9-13(18)8-3-6-11-5-1-2-7-12(11)13/h1-2,5,7,18H,3-4,6,8-10H2. The summed E-state index contributed by atoms with van der Waals surface area (Å²) in [7, 11) is 0. The molecule has 2 rings (SSSR count). The van der Waals surface area contributed by atoms with E-state index < -0.39 is 18.2 Å². The van der Waals surface area contributed by atoms with Gasteiger partial charge in [0.25, 0.3) is 0 Å². The number of halogens is 3. The van der Waals surface area contributed by atoms with Crippen molar-refractivity contribution in [2.75, 3.05) is 0 Å². The number of rotatable bonds is 3. The SMILES string of the molecule is OC1(CCCC(F)(F)F)CCCc2ccccc21. The Balaban J connectivity index is 2.08. The first-order valence-corrected chi connectivity index (χ1v) is 6.28. The molecule has 1 aliphatic rings. The minimum atomic E-state index is -4.13. The van der Waals surface area contributed by atoms with Gasteiger partial charge in [0, 0.05) is 6.42 Å². The van der Waals surface area contributed by atoms with Crippen LogP contribution in [0.1, 0.15) is 43.2 Å². The minimum absolute atomic E-state index is 0.0195. The molecule has 0 fully saturated rings. The monoisotopic (exact) mass is 258 g/mol. The fourth-order valence-electron chi connectivity index (χ4n) is 2.74. The average Bonchev–Trinajstić information content (AvgIpc) is 2.28. The van der Waals surface area contributed by atoms with Gasteiger partial charge >= 0.3 is 6.18 Å². The van der Waals surface area contributed by atoms with E-state index in [0.29, 0.717) is 6.42 Å². The summed E-state index contributed by atoms with van der Waals surface area (Å²) in [6.45, 7) is 0. The van der Waals surface area contributed by atoms with Crippen molar-refractivity contribution >= 4 is 0 Å². The van der Waals surface area contributed by atoms with Crippen LogP contribution < -0.4 is 0 Å². The molecule has 0 saturated heterocycles. The maximum absolute atomic E-state index is 12.1. The van der Waals surface area contributed by atoms with E-state index in [1.54, 1.807) is 0 Å². The summed E-state index contributed by atoms with van der Waals surface area (Å²) in [5, 5.41) is 10.6. The second kappa shape index (κ2) is 4.92. The third-order valence-electron chi connectivity index (χ3n) is 3.61. The number of hydrogen-bond donors (Lipinski definition) is 1. The Morgan fingerprint density at radius 3 is 2.67 bits per heavy atom. The van der Waals surface area contributed by atoms with Gasteiger partial charge in [-0.1, -0.05) is 24.3 Å². The summed E-state index contributed by atoms with van der Waals surface area (Å²) in [4.78, 5) is 0. The largest absolute Gasteiger partial charge is 0.389 e. The molecule has 0 bridgehead atoms. The van der Waals surface area contributed by atoms with Crippen LogP contribution in [-0.4, -0.2) is 11.3 Å². The van der Waals surface area contributed by atoms with Gasteiger partial charge in [-0.15, -0.1) is 0 Å². The first kappa shape index (κ1) is 13.4. The molecule has 1 N–H and O–H groups in total. The minimum Gasteiger partial charge on any atom is -0.385 e. The van der Waals surface area contributed by atoms with Gasteiger partial charge in [0.05, 0.1) is 5.60 Å². The van der Waals surface area contributed by atoms with Crippen molar-refractivity contribution in [3.8, 4) is 0 Å². The van der Waals surface area contributed by atoms with Crippen LogP contribution in [0, 0.1) is 0 Å². The van der Waals surface area contributed by atoms with Gasteiger partial charge in [-0.25, -0.2) is 0 Å². The molecule has 1 aliphatic carbocycles. The van der Waals surface area contributed by atoms with Crippen LogP contribution in [0.5, 0.6) is 0 Å². The van der Waals surface area contributed by atoms with E-state index in [2.05, 4.69) is 0 Å². The lowest BCUT2D eigenvalue weighted by Crippen LogP contribution is -2.31. The Hall–Kier alpha value is -1.03. The number of aryl methyl sites for hydroxylation is 1. The number of hydrogen-bond acceptors (Lipinski definition) is 1. The molecule has 1 atom stereocenters. The van der Waals surface area contributed by atoms with Crippen molar-refractivity contribution in [2.24, 2.45) is 0 Å². The van der Waals surface area contributed by atoms with Gasteiger partial charge in [-0.2, -0.15) is 13.2 Å². The summed E-state index contributed by atoms with van der Waals surface area (Å²) in [5.74, 6) is 0. The second-order valence-corrected chi connectivity index (χ2v) is 5.01. The fourth-order valence-corrected chi connectivity index (χ4v) is 2.74. The molecule has 0 heterocycles. The zero-order chi connectivity index (χ0) is 13.2. The van der Waals surface area contributed by atoms with Gasteiger partial charge in [-0.3, -0.25) is 0 Å². The molecule has 1 aromatic rings. The molecule has 0 aromatic heterocycles. The lowest BCUT2D eigenvalue weighted by atomic mass is 9.76. The molecule has 1 aromatic carbocycles. The molecule has 18 heavy (non-hydrogen) atoms. The number of fused-ring (bicyclic) bond motifs is 1. The highest BCUT2D eigenvalue weighted by molar-refractivity contribution is 5.34. The van der Waals surface area contributed by atoms with Crippen molar-refractivity contribution in [3.63, 3.8) is 0 Å². The van der Waals surface area contributed by atoms with Crippen LogP contribution in [0.15, 0.2) is 24.3 Å². The highest BCUT2D eigenvalue weighted by Gasteiger charge is 2.35. The third-order valence-corrected chi connectivity index (χ3v) is 3.61. The molecule has 0 amide bonds. The lowest BCUT2D eigenvalue weighted by Gasteiger charge is -2.34. The summed E-state index contributed by atoms with van der Waals surface area (Å²) >= 11 is 0. The van der Waals surface area contributed by atoms with Crippen molar-refractivity contribution in [1.82, 2.24) is 0 Å². The molecule has 1 nitrogen and oxygen atoms in total. The van der Waals surface area contributed by atoms with Gasteiger partial charge in [0.1, 0.15) is 0 Å². The molecular formula is C14H17F3O. The van der Waals surface area contributed by atoms with Gasteiger partial charge < -0.3 is 5.11 Å². The summed E-state index contributed by atoms with van der Waals surface area (Å²) in [5.41, 5.74) is 0.816. The van der Waals surface area contributed by atoms with Crippen molar-refractivity contribution < 1.29 is 18.3 Å². The Labute approximate surface area is 105 Å². The topological polar surface area (TPSA) is 20.2 Å².